The second-order valence-electron chi connectivity index (χ2n) is 5.98. The highest BCUT2D eigenvalue weighted by Gasteiger charge is 2.27. The first-order chi connectivity index (χ1) is 11.7. The van der Waals surface area contributed by atoms with Crippen LogP contribution in [-0.2, 0) is 4.79 Å². The number of benzene rings is 1. The number of nitrogens with zero attached hydrogens (tertiary/aromatic N) is 1. The summed E-state index contributed by atoms with van der Waals surface area (Å²) in [6, 6.07) is 7.14. The van der Waals surface area contributed by atoms with E-state index in [9.17, 15) is 9.59 Å². The van der Waals surface area contributed by atoms with Crippen molar-refractivity contribution in [2.24, 2.45) is 5.92 Å². The summed E-state index contributed by atoms with van der Waals surface area (Å²) in [5, 5.41) is 2.94. The van der Waals surface area contributed by atoms with Gasteiger partial charge in [0.15, 0.2) is 0 Å². The standard InChI is InChI=1S/C19H26N2O3/c1-3-11-20-18(22)15-9-12-21(13-10-15)19(23)16-5-7-17(8-6-16)24-14-4-2/h4-8,15H,2-3,9-14H2,1H3,(H,20,22). The van der Waals surface area contributed by atoms with Crippen LogP contribution in [-0.4, -0.2) is 43.0 Å². The summed E-state index contributed by atoms with van der Waals surface area (Å²) in [5.41, 5.74) is 0.648. The minimum Gasteiger partial charge on any atom is -0.490 e. The normalized spacial score (nSPS) is 15.0. The van der Waals surface area contributed by atoms with Crippen LogP contribution < -0.4 is 10.1 Å². The van der Waals surface area contributed by atoms with E-state index in [4.69, 9.17) is 4.74 Å². The zero-order valence-corrected chi connectivity index (χ0v) is 14.3. The summed E-state index contributed by atoms with van der Waals surface area (Å²) < 4.78 is 5.42. The van der Waals surface area contributed by atoms with E-state index in [1.165, 1.54) is 0 Å². The van der Waals surface area contributed by atoms with Crippen molar-refractivity contribution < 1.29 is 14.3 Å². The van der Waals surface area contributed by atoms with Crippen molar-refractivity contribution in [3.05, 3.63) is 42.5 Å². The Balaban J connectivity index is 1.86. The molecule has 1 aliphatic rings. The lowest BCUT2D eigenvalue weighted by molar-refractivity contribution is -0.126. The third-order valence-corrected chi connectivity index (χ3v) is 4.17. The lowest BCUT2D eigenvalue weighted by atomic mass is 9.95. The summed E-state index contributed by atoms with van der Waals surface area (Å²) >= 11 is 0. The van der Waals surface area contributed by atoms with Crippen molar-refractivity contribution in [1.82, 2.24) is 10.2 Å². The highest BCUT2D eigenvalue weighted by molar-refractivity contribution is 5.94. The van der Waals surface area contributed by atoms with Crippen LogP contribution in [0, 0.1) is 5.92 Å². The van der Waals surface area contributed by atoms with Crippen LogP contribution in [0.2, 0.25) is 0 Å². The Bertz CT molecular complexity index is 560. The predicted molar refractivity (Wildman–Crippen MR) is 94.1 cm³/mol. The van der Waals surface area contributed by atoms with E-state index < -0.39 is 0 Å². The zero-order chi connectivity index (χ0) is 17.4. The van der Waals surface area contributed by atoms with Crippen molar-refractivity contribution >= 4 is 11.8 Å². The van der Waals surface area contributed by atoms with Crippen molar-refractivity contribution in [2.45, 2.75) is 26.2 Å². The Morgan fingerprint density at radius 3 is 2.54 bits per heavy atom. The second-order valence-corrected chi connectivity index (χ2v) is 5.98. The van der Waals surface area contributed by atoms with E-state index in [1.54, 1.807) is 30.3 Å². The maximum absolute atomic E-state index is 12.5. The van der Waals surface area contributed by atoms with E-state index >= 15 is 0 Å². The van der Waals surface area contributed by atoms with Gasteiger partial charge in [0.1, 0.15) is 12.4 Å². The maximum Gasteiger partial charge on any atom is 0.253 e. The number of carbonyl (C=O) groups excluding carboxylic acids is 2. The third-order valence-electron chi connectivity index (χ3n) is 4.17. The average molecular weight is 330 g/mol. The minimum atomic E-state index is 0.0117. The molecule has 0 aromatic heterocycles. The van der Waals surface area contributed by atoms with Crippen LogP contribution in [0.5, 0.6) is 5.75 Å². The fraction of sp³-hybridized carbons (Fsp3) is 0.474. The number of carbonyl (C=O) groups is 2. The Kier molecular flexibility index (Phi) is 6.85. The van der Waals surface area contributed by atoms with Gasteiger partial charge >= 0.3 is 0 Å². The van der Waals surface area contributed by atoms with Gasteiger partial charge in [-0.15, -0.1) is 0 Å². The second kappa shape index (κ2) is 9.11. The number of hydrogen-bond acceptors (Lipinski definition) is 3. The fourth-order valence-corrected chi connectivity index (χ4v) is 2.77. The van der Waals surface area contributed by atoms with Gasteiger partial charge in [-0.2, -0.15) is 0 Å². The number of ether oxygens (including phenoxy) is 1. The number of hydrogen-bond donors (Lipinski definition) is 1. The van der Waals surface area contributed by atoms with Crippen molar-refractivity contribution in [1.29, 1.82) is 0 Å². The molecular weight excluding hydrogens is 304 g/mol. The Labute approximate surface area is 143 Å². The molecule has 0 saturated carbocycles. The van der Waals surface area contributed by atoms with Crippen LogP contribution in [0.4, 0.5) is 0 Å². The molecule has 1 heterocycles. The van der Waals surface area contributed by atoms with Crippen molar-refractivity contribution in [2.75, 3.05) is 26.2 Å². The van der Waals surface area contributed by atoms with Gasteiger partial charge < -0.3 is 15.0 Å². The fourth-order valence-electron chi connectivity index (χ4n) is 2.77. The van der Waals surface area contributed by atoms with Gasteiger partial charge in [0.25, 0.3) is 5.91 Å². The smallest absolute Gasteiger partial charge is 0.253 e. The highest BCUT2D eigenvalue weighted by Crippen LogP contribution is 2.20. The van der Waals surface area contributed by atoms with E-state index in [2.05, 4.69) is 11.9 Å². The van der Waals surface area contributed by atoms with E-state index in [0.717, 1.165) is 31.6 Å². The molecule has 1 N–H and O–H groups in total. The molecule has 0 radical (unpaired) electrons. The van der Waals surface area contributed by atoms with Crippen LogP contribution in [0.1, 0.15) is 36.5 Å². The molecule has 2 amide bonds. The lowest BCUT2D eigenvalue weighted by Crippen LogP contribution is -2.43. The Morgan fingerprint density at radius 1 is 1.29 bits per heavy atom. The predicted octanol–water partition coefficient (Wildman–Crippen LogP) is 2.63. The van der Waals surface area contributed by atoms with Gasteiger partial charge in [-0.25, -0.2) is 0 Å². The molecule has 0 atom stereocenters. The average Bonchev–Trinajstić information content (AvgIpc) is 2.64. The molecule has 5 heteroatoms. The van der Waals surface area contributed by atoms with Crippen LogP contribution in [0.15, 0.2) is 36.9 Å². The first-order valence-electron chi connectivity index (χ1n) is 8.56. The van der Waals surface area contributed by atoms with E-state index in [-0.39, 0.29) is 17.7 Å². The molecule has 5 nitrogen and oxygen atoms in total. The summed E-state index contributed by atoms with van der Waals surface area (Å²) in [4.78, 5) is 26.4. The maximum atomic E-state index is 12.5. The van der Waals surface area contributed by atoms with Gasteiger partial charge in [-0.1, -0.05) is 19.6 Å². The van der Waals surface area contributed by atoms with E-state index in [0.29, 0.717) is 25.3 Å². The largest absolute Gasteiger partial charge is 0.490 e. The van der Waals surface area contributed by atoms with Gasteiger partial charge in [0.05, 0.1) is 0 Å². The number of nitrogens with one attached hydrogen (secondary N) is 1. The molecule has 1 aromatic carbocycles. The molecule has 2 rings (SSSR count). The number of amides is 2. The van der Waals surface area contributed by atoms with Gasteiger partial charge in [0.2, 0.25) is 5.91 Å². The molecule has 1 fully saturated rings. The van der Waals surface area contributed by atoms with E-state index in [1.807, 2.05) is 11.8 Å². The van der Waals surface area contributed by atoms with Crippen LogP contribution >= 0.6 is 0 Å². The molecular formula is C19H26N2O3. The minimum absolute atomic E-state index is 0.0117. The molecule has 24 heavy (non-hydrogen) atoms. The van der Waals surface area contributed by atoms with Gasteiger partial charge in [-0.05, 0) is 43.5 Å². The summed E-state index contributed by atoms with van der Waals surface area (Å²) in [6.45, 7) is 8.05. The molecule has 1 saturated heterocycles. The van der Waals surface area contributed by atoms with Crippen LogP contribution in [0.3, 0.4) is 0 Å². The summed E-state index contributed by atoms with van der Waals surface area (Å²) in [5.74, 6) is 0.874. The SMILES string of the molecule is C=CCOc1ccc(C(=O)N2CCC(C(=O)NCCC)CC2)cc1. The number of rotatable bonds is 7. The Morgan fingerprint density at radius 2 is 1.96 bits per heavy atom. The molecule has 1 aliphatic heterocycles. The van der Waals surface area contributed by atoms with Crippen molar-refractivity contribution in [3.8, 4) is 5.75 Å². The summed E-state index contributed by atoms with van der Waals surface area (Å²) in [6.07, 6.45) is 4.07. The van der Waals surface area contributed by atoms with Gasteiger partial charge in [0, 0.05) is 31.1 Å². The highest BCUT2D eigenvalue weighted by atomic mass is 16.5. The molecule has 0 aliphatic carbocycles. The number of piperidine rings is 1. The quantitative estimate of drug-likeness (QED) is 0.782. The molecule has 0 bridgehead atoms. The zero-order valence-electron chi connectivity index (χ0n) is 14.3. The topological polar surface area (TPSA) is 58.6 Å². The summed E-state index contributed by atoms with van der Waals surface area (Å²) in [7, 11) is 0. The molecule has 130 valence electrons. The van der Waals surface area contributed by atoms with Gasteiger partial charge in [-0.3, -0.25) is 9.59 Å². The van der Waals surface area contributed by atoms with Crippen LogP contribution in [0.25, 0.3) is 0 Å². The first kappa shape index (κ1) is 18.0. The first-order valence-corrected chi connectivity index (χ1v) is 8.56. The third kappa shape index (κ3) is 4.85. The molecule has 0 spiro atoms. The number of likely N-dealkylation sites (tertiary alicyclic amines) is 1. The van der Waals surface area contributed by atoms with Crippen molar-refractivity contribution in [3.63, 3.8) is 0 Å². The molecule has 1 aromatic rings. The Hall–Kier alpha value is -2.30. The monoisotopic (exact) mass is 330 g/mol. The molecule has 0 unspecified atom stereocenters. The lowest BCUT2D eigenvalue weighted by Gasteiger charge is -2.31.